The Bertz CT molecular complexity index is 406. The Labute approximate surface area is 96.5 Å². The predicted octanol–water partition coefficient (Wildman–Crippen LogP) is 2.42. The van der Waals surface area contributed by atoms with Crippen LogP contribution in [-0.2, 0) is 6.54 Å². The van der Waals surface area contributed by atoms with Crippen molar-refractivity contribution >= 4 is 0 Å². The average molecular weight is 212 g/mol. The summed E-state index contributed by atoms with van der Waals surface area (Å²) in [6.07, 6.45) is 2.37. The third kappa shape index (κ3) is 1.62. The van der Waals surface area contributed by atoms with Crippen LogP contribution in [0.5, 0.6) is 0 Å². The predicted molar refractivity (Wildman–Crippen MR) is 62.5 cm³/mol. The molecular formula is C14H16N2. The second-order valence-corrected chi connectivity index (χ2v) is 5.06. The van der Waals surface area contributed by atoms with E-state index in [-0.39, 0.29) is 5.92 Å². The first-order valence-electron chi connectivity index (χ1n) is 6.04. The van der Waals surface area contributed by atoms with Crippen LogP contribution in [0.4, 0.5) is 0 Å². The van der Waals surface area contributed by atoms with E-state index in [2.05, 4.69) is 41.3 Å². The Morgan fingerprint density at radius 3 is 2.75 bits per heavy atom. The number of nitriles is 1. The lowest BCUT2D eigenvalue weighted by molar-refractivity contribution is 0.175. The summed E-state index contributed by atoms with van der Waals surface area (Å²) in [6.45, 7) is 2.21. The van der Waals surface area contributed by atoms with Crippen LogP contribution in [0.25, 0.3) is 0 Å². The molecule has 0 amide bonds. The maximum atomic E-state index is 9.10. The Morgan fingerprint density at radius 1 is 1.25 bits per heavy atom. The molecule has 2 fully saturated rings. The van der Waals surface area contributed by atoms with Gasteiger partial charge in [0.25, 0.3) is 0 Å². The molecule has 2 aliphatic rings. The molecule has 1 saturated carbocycles. The molecule has 0 unspecified atom stereocenters. The third-order valence-corrected chi connectivity index (χ3v) is 3.98. The number of fused-ring (bicyclic) bond motifs is 2. The molecule has 1 aliphatic carbocycles. The van der Waals surface area contributed by atoms with Gasteiger partial charge in [-0.1, -0.05) is 30.3 Å². The normalized spacial score (nSPS) is 32.8. The lowest BCUT2D eigenvalue weighted by Gasteiger charge is -2.29. The highest BCUT2D eigenvalue weighted by molar-refractivity contribution is 5.16. The largest absolute Gasteiger partial charge is 0.295 e. The molecule has 0 N–H and O–H groups in total. The second kappa shape index (κ2) is 3.92. The van der Waals surface area contributed by atoms with E-state index in [1.165, 1.54) is 18.5 Å². The van der Waals surface area contributed by atoms with E-state index in [1.54, 1.807) is 0 Å². The first-order chi connectivity index (χ1) is 7.86. The molecule has 3 rings (SSSR count). The summed E-state index contributed by atoms with van der Waals surface area (Å²) >= 11 is 0. The van der Waals surface area contributed by atoms with Crippen molar-refractivity contribution in [2.45, 2.75) is 25.4 Å². The fourth-order valence-electron chi connectivity index (χ4n) is 3.28. The van der Waals surface area contributed by atoms with Crippen LogP contribution in [0.15, 0.2) is 30.3 Å². The van der Waals surface area contributed by atoms with Crippen LogP contribution in [-0.4, -0.2) is 17.5 Å². The van der Waals surface area contributed by atoms with Crippen LogP contribution in [0.1, 0.15) is 18.4 Å². The average Bonchev–Trinajstić information content (AvgIpc) is 2.89. The zero-order valence-electron chi connectivity index (χ0n) is 9.34. The van der Waals surface area contributed by atoms with Crippen molar-refractivity contribution in [2.75, 3.05) is 6.54 Å². The molecule has 2 nitrogen and oxygen atoms in total. The first kappa shape index (κ1) is 9.86. The quantitative estimate of drug-likeness (QED) is 0.752. The summed E-state index contributed by atoms with van der Waals surface area (Å²) in [6, 6.07) is 13.6. The second-order valence-electron chi connectivity index (χ2n) is 5.06. The number of nitrogens with zero attached hydrogens (tertiary/aromatic N) is 2. The minimum absolute atomic E-state index is 0.280. The molecule has 1 aliphatic heterocycles. The van der Waals surface area contributed by atoms with Gasteiger partial charge in [-0.25, -0.2) is 0 Å². The van der Waals surface area contributed by atoms with Gasteiger partial charge in [0.15, 0.2) is 0 Å². The lowest BCUT2D eigenvalue weighted by atomic mass is 9.99. The van der Waals surface area contributed by atoms with Crippen molar-refractivity contribution < 1.29 is 0 Å². The van der Waals surface area contributed by atoms with Gasteiger partial charge in [-0.2, -0.15) is 5.26 Å². The minimum atomic E-state index is 0.280. The monoisotopic (exact) mass is 212 g/mol. The smallest absolute Gasteiger partial charge is 0.0672 e. The number of likely N-dealkylation sites (tertiary alicyclic amines) is 1. The van der Waals surface area contributed by atoms with Gasteiger partial charge in [0, 0.05) is 19.1 Å². The lowest BCUT2D eigenvalue weighted by Crippen LogP contribution is -2.36. The molecule has 0 spiro atoms. The fraction of sp³-hybridized carbons (Fsp3) is 0.500. The Morgan fingerprint density at radius 2 is 2.06 bits per heavy atom. The Hall–Kier alpha value is -1.33. The van der Waals surface area contributed by atoms with Crippen LogP contribution in [0.2, 0.25) is 0 Å². The first-order valence-corrected chi connectivity index (χ1v) is 6.04. The van der Waals surface area contributed by atoms with Crippen molar-refractivity contribution in [2.24, 2.45) is 11.8 Å². The van der Waals surface area contributed by atoms with E-state index in [0.29, 0.717) is 6.04 Å². The van der Waals surface area contributed by atoms with Crippen LogP contribution in [0, 0.1) is 23.2 Å². The molecule has 16 heavy (non-hydrogen) atoms. The summed E-state index contributed by atoms with van der Waals surface area (Å²) in [5.74, 6) is 1.06. The number of hydrogen-bond acceptors (Lipinski definition) is 2. The summed E-state index contributed by atoms with van der Waals surface area (Å²) in [7, 11) is 0. The van der Waals surface area contributed by atoms with Gasteiger partial charge in [-0.05, 0) is 24.3 Å². The van der Waals surface area contributed by atoms with Crippen LogP contribution in [0.3, 0.4) is 0 Å². The topological polar surface area (TPSA) is 27.0 Å². The highest BCUT2D eigenvalue weighted by atomic mass is 15.2. The maximum absolute atomic E-state index is 9.10. The van der Waals surface area contributed by atoms with E-state index < -0.39 is 0 Å². The summed E-state index contributed by atoms with van der Waals surface area (Å²) in [4.78, 5) is 2.50. The molecule has 0 aromatic heterocycles. The molecule has 1 heterocycles. The Balaban J connectivity index is 1.72. The number of piperidine rings is 1. The third-order valence-electron chi connectivity index (χ3n) is 3.98. The van der Waals surface area contributed by atoms with E-state index in [9.17, 15) is 0 Å². The molecule has 1 aromatic carbocycles. The van der Waals surface area contributed by atoms with E-state index in [4.69, 9.17) is 5.26 Å². The highest BCUT2D eigenvalue weighted by Crippen LogP contribution is 2.41. The van der Waals surface area contributed by atoms with Gasteiger partial charge in [0.1, 0.15) is 0 Å². The SMILES string of the molecule is N#C[C@@H]1C[C@H]2C[C@H]1N(Cc1ccccc1)C2. The minimum Gasteiger partial charge on any atom is -0.295 e. The van der Waals surface area contributed by atoms with Crippen molar-refractivity contribution in [3.63, 3.8) is 0 Å². The van der Waals surface area contributed by atoms with Crippen molar-refractivity contribution in [1.82, 2.24) is 4.90 Å². The molecule has 82 valence electrons. The van der Waals surface area contributed by atoms with Crippen molar-refractivity contribution in [3.05, 3.63) is 35.9 Å². The molecule has 1 saturated heterocycles. The van der Waals surface area contributed by atoms with Gasteiger partial charge >= 0.3 is 0 Å². The summed E-state index contributed by atoms with van der Waals surface area (Å²) in [5, 5.41) is 9.10. The number of rotatable bonds is 2. The molecule has 3 atom stereocenters. The molecular weight excluding hydrogens is 196 g/mol. The van der Waals surface area contributed by atoms with E-state index in [0.717, 1.165) is 18.9 Å². The van der Waals surface area contributed by atoms with Gasteiger partial charge < -0.3 is 0 Å². The zero-order chi connectivity index (χ0) is 11.0. The molecule has 2 bridgehead atoms. The van der Waals surface area contributed by atoms with E-state index >= 15 is 0 Å². The Kier molecular flexibility index (Phi) is 2.41. The molecule has 2 heteroatoms. The van der Waals surface area contributed by atoms with Gasteiger partial charge in [0.05, 0.1) is 12.0 Å². The van der Waals surface area contributed by atoms with Gasteiger partial charge in [-0.15, -0.1) is 0 Å². The van der Waals surface area contributed by atoms with Crippen LogP contribution >= 0.6 is 0 Å². The molecule has 1 aromatic rings. The number of benzene rings is 1. The summed E-state index contributed by atoms with van der Waals surface area (Å²) < 4.78 is 0. The molecule has 0 radical (unpaired) electrons. The fourth-order valence-corrected chi connectivity index (χ4v) is 3.28. The highest BCUT2D eigenvalue weighted by Gasteiger charge is 2.44. The summed E-state index contributed by atoms with van der Waals surface area (Å²) in [5.41, 5.74) is 1.37. The van der Waals surface area contributed by atoms with Gasteiger partial charge in [-0.3, -0.25) is 4.90 Å². The zero-order valence-corrected chi connectivity index (χ0v) is 9.34. The van der Waals surface area contributed by atoms with Crippen molar-refractivity contribution in [3.8, 4) is 6.07 Å². The maximum Gasteiger partial charge on any atom is 0.0672 e. The van der Waals surface area contributed by atoms with E-state index in [1.807, 2.05) is 0 Å². The van der Waals surface area contributed by atoms with Crippen LogP contribution < -0.4 is 0 Å². The standard InChI is InChI=1S/C14H16N2/c15-8-13-6-12-7-14(13)16(10-12)9-11-4-2-1-3-5-11/h1-5,12-14H,6-7,9-10H2/t12-,13-,14+/m0/s1. The van der Waals surface area contributed by atoms with Crippen molar-refractivity contribution in [1.29, 1.82) is 5.26 Å². The van der Waals surface area contributed by atoms with Gasteiger partial charge in [0.2, 0.25) is 0 Å². The number of hydrogen-bond donors (Lipinski definition) is 0.